The van der Waals surface area contributed by atoms with Crippen LogP contribution in [0.3, 0.4) is 0 Å². The van der Waals surface area contributed by atoms with Gasteiger partial charge in [0.2, 0.25) is 0 Å². The number of likely N-dealkylation sites (tertiary alicyclic amines) is 1. The summed E-state index contributed by atoms with van der Waals surface area (Å²) in [7, 11) is 0. The number of nitrogens with zero attached hydrogens (tertiary/aromatic N) is 1. The molecule has 0 radical (unpaired) electrons. The average Bonchev–Trinajstić information content (AvgIpc) is 2.76. The van der Waals surface area contributed by atoms with E-state index in [-0.39, 0.29) is 17.8 Å². The van der Waals surface area contributed by atoms with Crippen LogP contribution in [0.1, 0.15) is 47.0 Å². The van der Waals surface area contributed by atoms with Gasteiger partial charge in [-0.2, -0.15) is 0 Å². The van der Waals surface area contributed by atoms with Gasteiger partial charge in [-0.1, -0.05) is 0 Å². The molecule has 4 heteroatoms. The van der Waals surface area contributed by atoms with Gasteiger partial charge in [-0.25, -0.2) is 4.79 Å². The molecule has 0 saturated carbocycles. The summed E-state index contributed by atoms with van der Waals surface area (Å²) >= 11 is 0. The van der Waals surface area contributed by atoms with Crippen molar-refractivity contribution >= 4 is 11.9 Å². The van der Waals surface area contributed by atoms with Crippen molar-refractivity contribution in [2.45, 2.75) is 52.6 Å². The second-order valence-corrected chi connectivity index (χ2v) is 5.81. The Morgan fingerprint density at radius 1 is 1.37 bits per heavy atom. The molecule has 1 saturated heterocycles. The van der Waals surface area contributed by atoms with Crippen molar-refractivity contribution in [3.63, 3.8) is 0 Å². The van der Waals surface area contributed by atoms with Crippen LogP contribution in [0.25, 0.3) is 0 Å². The Labute approximate surface area is 115 Å². The lowest BCUT2D eigenvalue weighted by molar-refractivity contribution is -0.122. The van der Waals surface area contributed by atoms with E-state index in [0.29, 0.717) is 25.9 Å². The van der Waals surface area contributed by atoms with Gasteiger partial charge in [-0.15, -0.1) is 11.8 Å². The lowest BCUT2D eigenvalue weighted by Gasteiger charge is -2.24. The summed E-state index contributed by atoms with van der Waals surface area (Å²) in [4.78, 5) is 25.4. The molecule has 0 spiro atoms. The van der Waals surface area contributed by atoms with E-state index in [9.17, 15) is 9.59 Å². The van der Waals surface area contributed by atoms with E-state index in [0.717, 1.165) is 6.42 Å². The first-order valence-electron chi connectivity index (χ1n) is 6.73. The standard InChI is InChI=1S/C15H23NO3/c1-5-6-7-8-13(17)12-9-10-16(11-12)14(18)19-15(2,3)4/h12H,7-11H2,1-4H3. The summed E-state index contributed by atoms with van der Waals surface area (Å²) in [6.07, 6.45) is 1.50. The zero-order valence-corrected chi connectivity index (χ0v) is 12.3. The summed E-state index contributed by atoms with van der Waals surface area (Å²) in [5, 5.41) is 0. The predicted molar refractivity (Wildman–Crippen MR) is 73.6 cm³/mol. The molecule has 1 unspecified atom stereocenters. The highest BCUT2D eigenvalue weighted by Crippen LogP contribution is 2.21. The van der Waals surface area contributed by atoms with Crippen LogP contribution < -0.4 is 0 Å². The fourth-order valence-electron chi connectivity index (χ4n) is 2.03. The number of hydrogen-bond donors (Lipinski definition) is 0. The van der Waals surface area contributed by atoms with Gasteiger partial charge in [0.25, 0.3) is 0 Å². The number of ketones is 1. The highest BCUT2D eigenvalue weighted by Gasteiger charge is 2.32. The first kappa shape index (κ1) is 15.6. The van der Waals surface area contributed by atoms with E-state index in [1.165, 1.54) is 0 Å². The SMILES string of the molecule is CC#CCCC(=O)C1CCN(C(=O)OC(C)(C)C)C1. The fourth-order valence-corrected chi connectivity index (χ4v) is 2.03. The molecule has 4 nitrogen and oxygen atoms in total. The number of Topliss-reactive ketones (excluding diaryl/α,β-unsaturated/α-hetero) is 1. The first-order valence-corrected chi connectivity index (χ1v) is 6.73. The summed E-state index contributed by atoms with van der Waals surface area (Å²) < 4.78 is 5.30. The van der Waals surface area contributed by atoms with Gasteiger partial charge >= 0.3 is 6.09 Å². The van der Waals surface area contributed by atoms with Crippen molar-refractivity contribution in [2.24, 2.45) is 5.92 Å². The number of hydrogen-bond acceptors (Lipinski definition) is 3. The molecule has 106 valence electrons. The van der Waals surface area contributed by atoms with E-state index in [4.69, 9.17) is 4.74 Å². The molecule has 0 aromatic heterocycles. The Morgan fingerprint density at radius 3 is 2.63 bits per heavy atom. The summed E-state index contributed by atoms with van der Waals surface area (Å²) in [6.45, 7) is 8.37. The number of carbonyl (C=O) groups is 2. The highest BCUT2D eigenvalue weighted by atomic mass is 16.6. The summed E-state index contributed by atoms with van der Waals surface area (Å²) in [6, 6.07) is 0. The van der Waals surface area contributed by atoms with E-state index < -0.39 is 5.60 Å². The third-order valence-corrected chi connectivity index (χ3v) is 2.97. The molecule has 1 aliphatic heterocycles. The van der Waals surface area contributed by atoms with Crippen LogP contribution in [0.15, 0.2) is 0 Å². The quantitative estimate of drug-likeness (QED) is 0.737. The monoisotopic (exact) mass is 265 g/mol. The van der Waals surface area contributed by atoms with E-state index in [2.05, 4.69) is 11.8 Å². The maximum atomic E-state index is 11.9. The van der Waals surface area contributed by atoms with Crippen LogP contribution in [0.2, 0.25) is 0 Å². The third-order valence-electron chi connectivity index (χ3n) is 2.97. The van der Waals surface area contributed by atoms with Gasteiger partial charge in [0.15, 0.2) is 0 Å². The molecule has 1 rings (SSSR count). The fraction of sp³-hybridized carbons (Fsp3) is 0.733. The van der Waals surface area contributed by atoms with Crippen molar-refractivity contribution in [3.8, 4) is 11.8 Å². The topological polar surface area (TPSA) is 46.6 Å². The lowest BCUT2D eigenvalue weighted by Crippen LogP contribution is -2.35. The Bertz CT molecular complexity index is 398. The second-order valence-electron chi connectivity index (χ2n) is 5.81. The van der Waals surface area contributed by atoms with Crippen molar-refractivity contribution in [1.29, 1.82) is 0 Å². The maximum Gasteiger partial charge on any atom is 0.410 e. The molecule has 0 aromatic rings. The van der Waals surface area contributed by atoms with Crippen molar-refractivity contribution in [1.82, 2.24) is 4.90 Å². The van der Waals surface area contributed by atoms with Crippen LogP contribution >= 0.6 is 0 Å². The number of rotatable bonds is 3. The first-order chi connectivity index (χ1) is 8.83. The molecule has 1 atom stereocenters. The lowest BCUT2D eigenvalue weighted by atomic mass is 10.00. The van der Waals surface area contributed by atoms with Crippen molar-refractivity contribution in [3.05, 3.63) is 0 Å². The third kappa shape index (κ3) is 5.34. The largest absolute Gasteiger partial charge is 0.444 e. The van der Waals surface area contributed by atoms with Crippen molar-refractivity contribution in [2.75, 3.05) is 13.1 Å². The number of amides is 1. The van der Waals surface area contributed by atoms with Gasteiger partial charge in [-0.05, 0) is 34.1 Å². The number of ether oxygens (including phenoxy) is 1. The Morgan fingerprint density at radius 2 is 2.05 bits per heavy atom. The van der Waals surface area contributed by atoms with E-state index >= 15 is 0 Å². The van der Waals surface area contributed by atoms with Gasteiger partial charge < -0.3 is 9.64 Å². The van der Waals surface area contributed by atoms with E-state index in [1.807, 2.05) is 20.8 Å². The Hall–Kier alpha value is -1.50. The second kappa shape index (κ2) is 6.60. The normalized spacial score (nSPS) is 18.7. The molecule has 1 heterocycles. The molecule has 1 fully saturated rings. The highest BCUT2D eigenvalue weighted by molar-refractivity contribution is 5.82. The molecular weight excluding hydrogens is 242 g/mol. The minimum Gasteiger partial charge on any atom is -0.444 e. The minimum absolute atomic E-state index is 0.0498. The summed E-state index contributed by atoms with van der Waals surface area (Å²) in [5.74, 6) is 5.82. The predicted octanol–water partition coefficient (Wildman–Crippen LogP) is 2.62. The van der Waals surface area contributed by atoms with Crippen LogP contribution in [-0.4, -0.2) is 35.5 Å². The smallest absolute Gasteiger partial charge is 0.410 e. The Kier molecular flexibility index (Phi) is 5.41. The van der Waals surface area contributed by atoms with Gasteiger partial charge in [0.05, 0.1) is 0 Å². The zero-order valence-electron chi connectivity index (χ0n) is 12.3. The summed E-state index contributed by atoms with van der Waals surface area (Å²) in [5.41, 5.74) is -0.490. The van der Waals surface area contributed by atoms with Crippen LogP contribution in [0.5, 0.6) is 0 Å². The van der Waals surface area contributed by atoms with Gasteiger partial charge in [-0.3, -0.25) is 4.79 Å². The molecule has 0 aromatic carbocycles. The number of carbonyl (C=O) groups excluding carboxylic acids is 2. The molecule has 0 bridgehead atoms. The molecule has 1 aliphatic rings. The molecular formula is C15H23NO3. The molecule has 0 N–H and O–H groups in total. The average molecular weight is 265 g/mol. The minimum atomic E-state index is -0.490. The van der Waals surface area contributed by atoms with Crippen LogP contribution in [0, 0.1) is 17.8 Å². The van der Waals surface area contributed by atoms with Crippen molar-refractivity contribution < 1.29 is 14.3 Å². The Balaban J connectivity index is 2.42. The molecule has 1 amide bonds. The van der Waals surface area contributed by atoms with Gasteiger partial charge in [0, 0.05) is 31.8 Å². The maximum absolute atomic E-state index is 11.9. The zero-order chi connectivity index (χ0) is 14.5. The van der Waals surface area contributed by atoms with Gasteiger partial charge in [0.1, 0.15) is 11.4 Å². The van der Waals surface area contributed by atoms with Crippen LogP contribution in [0.4, 0.5) is 4.79 Å². The van der Waals surface area contributed by atoms with E-state index in [1.54, 1.807) is 11.8 Å². The van der Waals surface area contributed by atoms with Crippen LogP contribution in [-0.2, 0) is 9.53 Å². The molecule has 19 heavy (non-hydrogen) atoms. The molecule has 0 aliphatic carbocycles.